The summed E-state index contributed by atoms with van der Waals surface area (Å²) >= 11 is 7.42. The Balaban J connectivity index is 1.53. The Bertz CT molecular complexity index is 1950. The number of hydrogen-bond donors (Lipinski definition) is 0. The number of thiazole rings is 1. The molecule has 8 heteroatoms. The fraction of sp³-hybridized carbons (Fsp3) is 0.156. The predicted octanol–water partition coefficient (Wildman–Crippen LogP) is 5.45. The van der Waals surface area contributed by atoms with Crippen molar-refractivity contribution in [2.45, 2.75) is 25.9 Å². The van der Waals surface area contributed by atoms with Gasteiger partial charge in [0, 0.05) is 34.2 Å². The van der Waals surface area contributed by atoms with Crippen LogP contribution in [0.3, 0.4) is 0 Å². The van der Waals surface area contributed by atoms with Crippen molar-refractivity contribution >= 4 is 45.9 Å². The molecule has 40 heavy (non-hydrogen) atoms. The highest BCUT2D eigenvalue weighted by Crippen LogP contribution is 2.32. The van der Waals surface area contributed by atoms with Crippen LogP contribution < -0.4 is 14.9 Å². The van der Waals surface area contributed by atoms with E-state index in [-0.39, 0.29) is 5.56 Å². The van der Waals surface area contributed by atoms with Crippen LogP contribution in [-0.4, -0.2) is 22.2 Å². The number of benzene rings is 3. The number of carbonyl (C=O) groups excluding carboxylic acids is 1. The third-order valence-electron chi connectivity index (χ3n) is 7.14. The fourth-order valence-electron chi connectivity index (χ4n) is 5.26. The van der Waals surface area contributed by atoms with Crippen molar-refractivity contribution in [3.05, 3.63) is 138 Å². The Kier molecular flexibility index (Phi) is 7.00. The number of ether oxygens (including phenoxy) is 1. The average molecular weight is 568 g/mol. The first kappa shape index (κ1) is 26.0. The Hall–Kier alpha value is -4.20. The van der Waals surface area contributed by atoms with Gasteiger partial charge in [0.1, 0.15) is 0 Å². The molecule has 0 saturated heterocycles. The van der Waals surface area contributed by atoms with Crippen molar-refractivity contribution in [1.82, 2.24) is 9.13 Å². The highest BCUT2D eigenvalue weighted by atomic mass is 35.5. The standard InChI is InChI=1S/C32H26ClN3O3S/c1-3-25-28(31(38)39-2)29(21-9-5-4-6-10-21)36-30(37)27(40-32(36)34-25)17-22-19-35(26-12-8-7-11-24(22)26)18-20-13-15-23(33)16-14-20/h4-17,19,29H,3,18H2,1-2H3/b27-17+/t29-/m0/s1. The minimum Gasteiger partial charge on any atom is -0.466 e. The summed E-state index contributed by atoms with van der Waals surface area (Å²) in [7, 11) is 1.36. The lowest BCUT2D eigenvalue weighted by Crippen LogP contribution is -2.40. The van der Waals surface area contributed by atoms with Crippen LogP contribution in [0, 0.1) is 0 Å². The minimum atomic E-state index is -0.617. The first-order chi connectivity index (χ1) is 19.5. The number of nitrogens with zero attached hydrogens (tertiary/aromatic N) is 3. The maximum absolute atomic E-state index is 14.0. The van der Waals surface area contributed by atoms with Gasteiger partial charge >= 0.3 is 5.97 Å². The van der Waals surface area contributed by atoms with E-state index >= 15 is 0 Å². The molecule has 0 bridgehead atoms. The molecule has 6 rings (SSSR count). The first-order valence-corrected chi connectivity index (χ1v) is 14.2. The lowest BCUT2D eigenvalue weighted by molar-refractivity contribution is -0.136. The van der Waals surface area contributed by atoms with Crippen molar-refractivity contribution in [3.8, 4) is 0 Å². The number of allylic oxidation sites excluding steroid dienone is 1. The zero-order valence-corrected chi connectivity index (χ0v) is 23.6. The van der Waals surface area contributed by atoms with Gasteiger partial charge in [0.2, 0.25) is 0 Å². The third kappa shape index (κ3) is 4.61. The number of esters is 1. The van der Waals surface area contributed by atoms with Gasteiger partial charge < -0.3 is 9.30 Å². The van der Waals surface area contributed by atoms with Gasteiger partial charge in [-0.25, -0.2) is 9.79 Å². The monoisotopic (exact) mass is 567 g/mol. The molecule has 2 aromatic heterocycles. The van der Waals surface area contributed by atoms with Crippen molar-refractivity contribution in [3.63, 3.8) is 0 Å². The summed E-state index contributed by atoms with van der Waals surface area (Å²) < 4.78 is 9.51. The largest absolute Gasteiger partial charge is 0.466 e. The van der Waals surface area contributed by atoms with Crippen molar-refractivity contribution in [1.29, 1.82) is 0 Å². The molecule has 200 valence electrons. The third-order valence-corrected chi connectivity index (χ3v) is 8.37. The van der Waals surface area contributed by atoms with Crippen LogP contribution in [0.1, 0.15) is 36.1 Å². The predicted molar refractivity (Wildman–Crippen MR) is 159 cm³/mol. The van der Waals surface area contributed by atoms with E-state index in [0.717, 1.165) is 27.6 Å². The molecule has 0 unspecified atom stereocenters. The second-order valence-corrected chi connectivity index (χ2v) is 11.0. The average Bonchev–Trinajstić information content (AvgIpc) is 3.49. The quantitative estimate of drug-likeness (QED) is 0.256. The number of aromatic nitrogens is 2. The number of halogens is 1. The zero-order chi connectivity index (χ0) is 27.8. The van der Waals surface area contributed by atoms with Crippen LogP contribution in [-0.2, 0) is 16.1 Å². The van der Waals surface area contributed by atoms with E-state index in [1.54, 1.807) is 4.57 Å². The topological polar surface area (TPSA) is 65.6 Å². The summed E-state index contributed by atoms with van der Waals surface area (Å²) in [6.07, 6.45) is 4.54. The van der Waals surface area contributed by atoms with Crippen LogP contribution in [0.15, 0.2) is 106 Å². The number of rotatable bonds is 6. The Morgan fingerprint density at radius 3 is 2.50 bits per heavy atom. The smallest absolute Gasteiger partial charge is 0.338 e. The second kappa shape index (κ2) is 10.8. The van der Waals surface area contributed by atoms with Gasteiger partial charge in [0.15, 0.2) is 4.80 Å². The lowest BCUT2D eigenvalue weighted by Gasteiger charge is -2.25. The maximum Gasteiger partial charge on any atom is 0.338 e. The molecule has 6 nitrogen and oxygen atoms in total. The van der Waals surface area contributed by atoms with E-state index in [4.69, 9.17) is 21.3 Å². The summed E-state index contributed by atoms with van der Waals surface area (Å²) in [4.78, 5) is 32.3. The minimum absolute atomic E-state index is 0.191. The number of hydrogen-bond acceptors (Lipinski definition) is 5. The molecule has 1 aliphatic rings. The van der Waals surface area contributed by atoms with Crippen LogP contribution >= 0.6 is 22.9 Å². The molecular formula is C32H26ClN3O3S. The summed E-state index contributed by atoms with van der Waals surface area (Å²) in [6.45, 7) is 2.62. The SMILES string of the molecule is CCC1=C(C(=O)OC)[C@H](c2ccccc2)n2c(s/c(=C/c3cn(Cc4ccc(Cl)cc4)c4ccccc34)c2=O)=N1. The number of methoxy groups -OCH3 is 1. The number of carbonyl (C=O) groups is 1. The van der Waals surface area contributed by atoms with E-state index in [9.17, 15) is 9.59 Å². The van der Waals surface area contributed by atoms with Crippen LogP contribution in [0.2, 0.25) is 5.02 Å². The van der Waals surface area contributed by atoms with Gasteiger partial charge in [0.05, 0.1) is 29.0 Å². The van der Waals surface area contributed by atoms with Crippen LogP contribution in [0.4, 0.5) is 0 Å². The van der Waals surface area contributed by atoms with Gasteiger partial charge in [-0.05, 0) is 41.8 Å². The van der Waals surface area contributed by atoms with Gasteiger partial charge in [-0.2, -0.15) is 0 Å². The fourth-order valence-corrected chi connectivity index (χ4v) is 6.40. The molecule has 0 fully saturated rings. The molecule has 0 amide bonds. The van der Waals surface area contributed by atoms with Crippen molar-refractivity contribution < 1.29 is 9.53 Å². The first-order valence-electron chi connectivity index (χ1n) is 13.0. The molecule has 3 heterocycles. The van der Waals surface area contributed by atoms with Gasteiger partial charge in [0.25, 0.3) is 5.56 Å². The molecule has 0 spiro atoms. The lowest BCUT2D eigenvalue weighted by atomic mass is 9.95. The van der Waals surface area contributed by atoms with E-state index in [1.807, 2.05) is 79.7 Å². The molecular weight excluding hydrogens is 542 g/mol. The van der Waals surface area contributed by atoms with E-state index < -0.39 is 12.0 Å². The Labute approximate surface area is 239 Å². The summed E-state index contributed by atoms with van der Waals surface area (Å²) in [6, 6.07) is 24.9. The summed E-state index contributed by atoms with van der Waals surface area (Å²) in [5, 5.41) is 1.75. The molecule has 0 N–H and O–H groups in total. The highest BCUT2D eigenvalue weighted by molar-refractivity contribution is 7.07. The molecule has 1 aliphatic heterocycles. The molecule has 3 aromatic carbocycles. The van der Waals surface area contributed by atoms with Crippen LogP contribution in [0.5, 0.6) is 0 Å². The van der Waals surface area contributed by atoms with E-state index in [2.05, 4.69) is 22.9 Å². The van der Waals surface area contributed by atoms with Crippen molar-refractivity contribution in [2.75, 3.05) is 7.11 Å². The van der Waals surface area contributed by atoms with Gasteiger partial charge in [-0.3, -0.25) is 9.36 Å². The molecule has 1 atom stereocenters. The van der Waals surface area contributed by atoms with E-state index in [0.29, 0.717) is 38.6 Å². The highest BCUT2D eigenvalue weighted by Gasteiger charge is 2.33. The molecule has 5 aromatic rings. The summed E-state index contributed by atoms with van der Waals surface area (Å²) in [5.41, 5.74) is 4.80. The molecule has 0 aliphatic carbocycles. The van der Waals surface area contributed by atoms with Crippen molar-refractivity contribution in [2.24, 2.45) is 4.99 Å². The molecule has 0 radical (unpaired) electrons. The van der Waals surface area contributed by atoms with Gasteiger partial charge in [-0.15, -0.1) is 0 Å². The van der Waals surface area contributed by atoms with Gasteiger partial charge in [-0.1, -0.05) is 90.5 Å². The summed E-state index contributed by atoms with van der Waals surface area (Å²) in [5.74, 6) is -0.478. The Morgan fingerprint density at radius 1 is 1.05 bits per heavy atom. The zero-order valence-electron chi connectivity index (χ0n) is 22.0. The van der Waals surface area contributed by atoms with Crippen LogP contribution in [0.25, 0.3) is 17.0 Å². The number of para-hydroxylation sites is 1. The normalized spacial score (nSPS) is 15.3. The number of fused-ring (bicyclic) bond motifs is 2. The molecule has 0 saturated carbocycles. The van der Waals surface area contributed by atoms with E-state index in [1.165, 1.54) is 18.4 Å². The Morgan fingerprint density at radius 2 is 1.77 bits per heavy atom. The second-order valence-electron chi connectivity index (χ2n) is 9.55. The maximum atomic E-state index is 14.0.